The number of rotatable bonds is 6. The molecule has 7 rings (SSSR count). The van der Waals surface area contributed by atoms with Crippen LogP contribution in [-0.4, -0.2) is 67.3 Å². The normalized spacial score (nSPS) is 44.4. The van der Waals surface area contributed by atoms with Crippen LogP contribution in [0.15, 0.2) is 24.3 Å². The largest absolute Gasteiger partial charge is 0.497 e. The van der Waals surface area contributed by atoms with Crippen LogP contribution in [0.3, 0.4) is 0 Å². The second-order valence-electron chi connectivity index (χ2n) is 13.8. The Labute approximate surface area is 236 Å². The Kier molecular flexibility index (Phi) is 5.80. The number of ether oxygens (including phenoxy) is 4. The van der Waals surface area contributed by atoms with Crippen LogP contribution in [0.25, 0.3) is 0 Å². The molecule has 0 aromatic heterocycles. The molecule has 2 aliphatic heterocycles. The number of carbonyl (C=O) groups excluding carboxylic acids is 2. The molecule has 8 atom stereocenters. The third kappa shape index (κ3) is 3.13. The number of hydrogen-bond acceptors (Lipinski definition) is 8. The van der Waals surface area contributed by atoms with Crippen molar-refractivity contribution in [2.24, 2.45) is 28.1 Å². The zero-order chi connectivity index (χ0) is 28.1. The number of aliphatic hydroxyl groups is 1. The lowest BCUT2D eigenvalue weighted by atomic mass is 9.40. The third-order valence-corrected chi connectivity index (χ3v) is 12.0. The first-order valence-electron chi connectivity index (χ1n) is 15.2. The number of piperidine rings is 1. The molecule has 2 heterocycles. The number of Topliss-reactive ketones (excluding diaryl/α,β-unsaturated/α-hetero) is 1. The van der Waals surface area contributed by atoms with Crippen molar-refractivity contribution in [3.8, 4) is 5.75 Å². The summed E-state index contributed by atoms with van der Waals surface area (Å²) >= 11 is 0. The fraction of sp³-hybridized carbons (Fsp3) is 0.750. The highest BCUT2D eigenvalue weighted by Gasteiger charge is 2.86. The van der Waals surface area contributed by atoms with Crippen molar-refractivity contribution in [1.82, 2.24) is 0 Å². The molecule has 8 heteroatoms. The van der Waals surface area contributed by atoms with Crippen LogP contribution in [0.2, 0.25) is 0 Å². The van der Waals surface area contributed by atoms with Crippen molar-refractivity contribution in [1.29, 1.82) is 0 Å². The number of methoxy groups -OCH3 is 1. The molecule has 1 aromatic rings. The van der Waals surface area contributed by atoms with Gasteiger partial charge in [-0.05, 0) is 89.5 Å². The maximum atomic E-state index is 14.0. The molecule has 0 radical (unpaired) electrons. The van der Waals surface area contributed by atoms with Gasteiger partial charge in [-0.3, -0.25) is 9.59 Å². The van der Waals surface area contributed by atoms with Gasteiger partial charge in [-0.1, -0.05) is 6.42 Å². The van der Waals surface area contributed by atoms with E-state index in [-0.39, 0.29) is 42.0 Å². The number of fused-ring (bicyclic) bond motifs is 2. The molecule has 40 heavy (non-hydrogen) atoms. The maximum absolute atomic E-state index is 14.0. The first kappa shape index (κ1) is 26.7. The molecular formula is C32H43NO7. The summed E-state index contributed by atoms with van der Waals surface area (Å²) in [7, 11) is 1.66. The molecule has 1 aromatic carbocycles. The summed E-state index contributed by atoms with van der Waals surface area (Å²) in [6.45, 7) is 6.89. The van der Waals surface area contributed by atoms with E-state index in [1.54, 1.807) is 7.11 Å². The van der Waals surface area contributed by atoms with E-state index in [0.717, 1.165) is 30.7 Å². The predicted molar refractivity (Wildman–Crippen MR) is 147 cm³/mol. The molecule has 4 aliphatic carbocycles. The lowest BCUT2D eigenvalue weighted by molar-refractivity contribution is -0.264. The molecule has 218 valence electrons. The summed E-state index contributed by atoms with van der Waals surface area (Å²) < 4.78 is 23.7. The number of ketones is 1. The lowest BCUT2D eigenvalue weighted by Crippen LogP contribution is -2.81. The van der Waals surface area contributed by atoms with Crippen molar-refractivity contribution in [3.63, 3.8) is 0 Å². The summed E-state index contributed by atoms with van der Waals surface area (Å²) in [4.78, 5) is 30.4. The molecule has 4 saturated carbocycles. The van der Waals surface area contributed by atoms with Gasteiger partial charge in [-0.15, -0.1) is 0 Å². The van der Waals surface area contributed by atoms with Gasteiger partial charge in [0.05, 0.1) is 32.0 Å². The van der Waals surface area contributed by atoms with Crippen LogP contribution >= 0.6 is 0 Å². The van der Waals surface area contributed by atoms with Crippen molar-refractivity contribution >= 4 is 17.4 Å². The van der Waals surface area contributed by atoms with E-state index in [1.165, 1.54) is 0 Å². The highest BCUT2D eigenvalue weighted by atomic mass is 16.7. The molecule has 5 bridgehead atoms. The van der Waals surface area contributed by atoms with Crippen molar-refractivity contribution in [2.75, 3.05) is 31.8 Å². The lowest BCUT2D eigenvalue weighted by Gasteiger charge is -2.72. The summed E-state index contributed by atoms with van der Waals surface area (Å²) in [6, 6.07) is 7.94. The Morgan fingerprint density at radius 3 is 2.60 bits per heavy atom. The van der Waals surface area contributed by atoms with Gasteiger partial charge in [-0.25, -0.2) is 0 Å². The monoisotopic (exact) mass is 553 g/mol. The molecule has 6 aliphatic rings. The summed E-state index contributed by atoms with van der Waals surface area (Å²) in [5.41, 5.74) is -2.23. The standard InChI is InChI=1S/C32H43NO7/c1-5-38-27(35)30-13-6-14-31-23-11-12-24(34)25(23)29(15-16-32(30,31)36,17-22-18-39-28(2,3)40-22)26(31)33(19-30)20-7-9-21(37-4)10-8-20/h7-10,22-23,25-26,36H,5-6,11-19H2,1-4H3/t22?,23?,25?,26-,29?,30+,31+,32+/m1/s1. The van der Waals surface area contributed by atoms with Gasteiger partial charge in [0.2, 0.25) is 0 Å². The number of anilines is 1. The summed E-state index contributed by atoms with van der Waals surface area (Å²) in [5.74, 6) is 0.0147. The Morgan fingerprint density at radius 2 is 1.93 bits per heavy atom. The quantitative estimate of drug-likeness (QED) is 0.522. The first-order valence-corrected chi connectivity index (χ1v) is 15.2. The minimum absolute atomic E-state index is 0.0305. The average Bonchev–Trinajstić information content (AvgIpc) is 3.52. The van der Waals surface area contributed by atoms with Crippen LogP contribution in [0.5, 0.6) is 5.75 Å². The van der Waals surface area contributed by atoms with Gasteiger partial charge >= 0.3 is 5.97 Å². The topological polar surface area (TPSA) is 94.5 Å². The van der Waals surface area contributed by atoms with Crippen LogP contribution in [0, 0.1) is 28.1 Å². The second-order valence-corrected chi connectivity index (χ2v) is 13.8. The van der Waals surface area contributed by atoms with E-state index in [4.69, 9.17) is 18.9 Å². The van der Waals surface area contributed by atoms with Crippen molar-refractivity contribution < 1.29 is 33.6 Å². The average molecular weight is 554 g/mol. The molecule has 6 fully saturated rings. The fourth-order valence-electron chi connectivity index (χ4n) is 11.0. The van der Waals surface area contributed by atoms with Crippen LogP contribution in [-0.2, 0) is 23.8 Å². The van der Waals surface area contributed by atoms with Crippen LogP contribution in [0.1, 0.15) is 72.1 Å². The van der Waals surface area contributed by atoms with Gasteiger partial charge < -0.3 is 29.0 Å². The molecule has 1 spiro atoms. The number of esters is 1. The minimum Gasteiger partial charge on any atom is -0.497 e. The van der Waals surface area contributed by atoms with Gasteiger partial charge in [0, 0.05) is 41.4 Å². The number of hydrogen-bond donors (Lipinski definition) is 1. The third-order valence-electron chi connectivity index (χ3n) is 12.0. The van der Waals surface area contributed by atoms with Crippen LogP contribution in [0.4, 0.5) is 5.69 Å². The number of nitrogens with zero attached hydrogens (tertiary/aromatic N) is 1. The predicted octanol–water partition coefficient (Wildman–Crippen LogP) is 4.27. The zero-order valence-electron chi connectivity index (χ0n) is 24.2. The SMILES string of the molecule is CCOC(=O)[C@@]12CCC[C@@]34C5CCC(=O)C5C(CC5COC(C)(C)O5)(CC[C@]13O)[C@H]4N(c1ccc(OC)cc1)C2. The molecule has 4 unspecified atom stereocenters. The van der Waals surface area contributed by atoms with E-state index >= 15 is 0 Å². The Bertz CT molecular complexity index is 1220. The van der Waals surface area contributed by atoms with Gasteiger partial charge in [-0.2, -0.15) is 0 Å². The van der Waals surface area contributed by atoms with E-state index in [1.807, 2.05) is 32.9 Å². The Morgan fingerprint density at radius 1 is 1.15 bits per heavy atom. The molecule has 8 nitrogen and oxygen atoms in total. The molecule has 2 saturated heterocycles. The first-order chi connectivity index (χ1) is 19.1. The fourth-order valence-corrected chi connectivity index (χ4v) is 11.0. The Balaban J connectivity index is 1.44. The number of carbonyl (C=O) groups is 2. The van der Waals surface area contributed by atoms with Gasteiger partial charge in [0.15, 0.2) is 5.79 Å². The summed E-state index contributed by atoms with van der Waals surface area (Å²) in [6.07, 6.45) is 5.34. The summed E-state index contributed by atoms with van der Waals surface area (Å²) in [5, 5.41) is 13.1. The minimum atomic E-state index is -1.22. The van der Waals surface area contributed by atoms with Crippen LogP contribution < -0.4 is 9.64 Å². The van der Waals surface area contributed by atoms with E-state index in [0.29, 0.717) is 51.0 Å². The highest BCUT2D eigenvalue weighted by Crippen LogP contribution is 2.80. The molecular weight excluding hydrogens is 510 g/mol. The maximum Gasteiger partial charge on any atom is 0.316 e. The Hall–Kier alpha value is -2.16. The van der Waals surface area contributed by atoms with Gasteiger partial charge in [0.25, 0.3) is 0 Å². The van der Waals surface area contributed by atoms with Crippen molar-refractivity contribution in [2.45, 2.75) is 95.7 Å². The molecule has 0 amide bonds. The molecule has 1 N–H and O–H groups in total. The van der Waals surface area contributed by atoms with E-state index in [9.17, 15) is 14.7 Å². The van der Waals surface area contributed by atoms with E-state index in [2.05, 4.69) is 17.0 Å². The number of benzene rings is 1. The van der Waals surface area contributed by atoms with E-state index < -0.39 is 22.2 Å². The van der Waals surface area contributed by atoms with Gasteiger partial charge in [0.1, 0.15) is 16.9 Å². The highest BCUT2D eigenvalue weighted by molar-refractivity contribution is 5.87. The smallest absolute Gasteiger partial charge is 0.316 e. The zero-order valence-corrected chi connectivity index (χ0v) is 24.2. The second kappa shape index (κ2) is 8.68. The van der Waals surface area contributed by atoms with Crippen molar-refractivity contribution in [3.05, 3.63) is 24.3 Å².